The second kappa shape index (κ2) is 3.40. The van der Waals surface area contributed by atoms with E-state index in [0.717, 1.165) is 11.2 Å². The first-order chi connectivity index (χ1) is 6.09. The van der Waals surface area contributed by atoms with Crippen molar-refractivity contribution in [3.8, 4) is 0 Å². The lowest BCUT2D eigenvalue weighted by Gasteiger charge is -2.18. The lowest BCUT2D eigenvalue weighted by atomic mass is 9.91. The highest BCUT2D eigenvalue weighted by Gasteiger charge is 2.18. The summed E-state index contributed by atoms with van der Waals surface area (Å²) >= 11 is 0. The van der Waals surface area contributed by atoms with Crippen molar-refractivity contribution in [2.75, 3.05) is 0 Å². The van der Waals surface area contributed by atoms with E-state index in [0.29, 0.717) is 0 Å². The summed E-state index contributed by atoms with van der Waals surface area (Å²) < 4.78 is 1.85. The topological polar surface area (TPSA) is 30.2 Å². The molecule has 3 nitrogen and oxygen atoms in total. The summed E-state index contributed by atoms with van der Waals surface area (Å²) in [4.78, 5) is 4.39. The van der Waals surface area contributed by atoms with Gasteiger partial charge in [0.15, 0.2) is 0 Å². The molecule has 0 unspecified atom stereocenters. The third kappa shape index (κ3) is 1.62. The Balaban J connectivity index is 0.000000980. The normalized spacial score (nSPS) is 11.4. The first-order valence-electron chi connectivity index (χ1n) is 4.38. The molecule has 0 atom stereocenters. The van der Waals surface area contributed by atoms with Gasteiger partial charge in [0.2, 0.25) is 0 Å². The Labute approximate surface area is 84.8 Å². The summed E-state index contributed by atoms with van der Waals surface area (Å²) in [6.45, 7) is 6.47. The molecule has 0 bridgehead atoms. The zero-order chi connectivity index (χ0) is 9.47. The first kappa shape index (κ1) is 10.7. The van der Waals surface area contributed by atoms with Crippen LogP contribution in [-0.2, 0) is 5.41 Å². The van der Waals surface area contributed by atoms with Crippen LogP contribution in [-0.4, -0.2) is 14.6 Å². The third-order valence-electron chi connectivity index (χ3n) is 2.03. The molecule has 2 aromatic rings. The molecule has 2 rings (SSSR count). The smallest absolute Gasteiger partial charge is 0.0882 e. The molecule has 0 saturated carbocycles. The molecule has 0 fully saturated rings. The minimum atomic E-state index is 0. The first-order valence-corrected chi connectivity index (χ1v) is 4.38. The minimum Gasteiger partial charge on any atom is -0.257 e. The molecule has 0 aliphatic carbocycles. The van der Waals surface area contributed by atoms with Gasteiger partial charge >= 0.3 is 0 Å². The summed E-state index contributed by atoms with van der Waals surface area (Å²) in [5, 5.41) is 4.17. The summed E-state index contributed by atoms with van der Waals surface area (Å²) in [5.41, 5.74) is 2.25. The molecule has 0 aliphatic heterocycles. The number of hydrogen-bond acceptors (Lipinski definition) is 2. The number of hydrogen-bond donors (Lipinski definition) is 0. The van der Waals surface area contributed by atoms with E-state index in [1.807, 2.05) is 16.8 Å². The Morgan fingerprint density at radius 3 is 2.57 bits per heavy atom. The lowest BCUT2D eigenvalue weighted by Crippen LogP contribution is -2.14. The monoisotopic (exact) mass is 191 g/mol. The highest BCUT2D eigenvalue weighted by molar-refractivity contribution is 5.52. The Bertz CT molecular complexity index is 423. The zero-order valence-corrected chi connectivity index (χ0v) is 8.15. The molecule has 14 heavy (non-hydrogen) atoms. The van der Waals surface area contributed by atoms with Crippen LogP contribution in [0.15, 0.2) is 24.7 Å². The van der Waals surface area contributed by atoms with Crippen LogP contribution in [0.4, 0.5) is 0 Å². The largest absolute Gasteiger partial charge is 0.257 e. The van der Waals surface area contributed by atoms with Gasteiger partial charge in [0.25, 0.3) is 0 Å². The van der Waals surface area contributed by atoms with Gasteiger partial charge in [0, 0.05) is 17.8 Å². The van der Waals surface area contributed by atoms with Gasteiger partial charge < -0.3 is 0 Å². The van der Waals surface area contributed by atoms with E-state index < -0.39 is 0 Å². The lowest BCUT2D eigenvalue weighted by molar-refractivity contribution is 0.570. The molecule has 76 valence electrons. The Kier molecular flexibility index (Phi) is 2.60. The van der Waals surface area contributed by atoms with Crippen molar-refractivity contribution in [3.63, 3.8) is 0 Å². The van der Waals surface area contributed by atoms with Gasteiger partial charge in [-0.25, -0.2) is 4.52 Å². The van der Waals surface area contributed by atoms with Crippen molar-refractivity contribution in [2.45, 2.75) is 33.6 Å². The molecule has 0 aromatic carbocycles. The molecular formula is C11H17N3. The van der Waals surface area contributed by atoms with Crippen LogP contribution < -0.4 is 0 Å². The van der Waals surface area contributed by atoms with Crippen LogP contribution >= 0.6 is 0 Å². The fraction of sp³-hybridized carbons (Fsp3) is 0.455. The maximum atomic E-state index is 4.39. The van der Waals surface area contributed by atoms with Crippen LogP contribution in [0.2, 0.25) is 0 Å². The van der Waals surface area contributed by atoms with Gasteiger partial charge in [-0.3, -0.25) is 4.98 Å². The molecule has 0 radical (unpaired) electrons. The predicted octanol–water partition coefficient (Wildman–Crippen LogP) is 2.66. The molecule has 0 spiro atoms. The highest BCUT2D eigenvalue weighted by atomic mass is 15.2. The van der Waals surface area contributed by atoms with Crippen LogP contribution in [0.3, 0.4) is 0 Å². The molecule has 0 amide bonds. The Hall–Kier alpha value is -1.38. The number of aromatic nitrogens is 3. The molecule has 3 heteroatoms. The average molecular weight is 191 g/mol. The van der Waals surface area contributed by atoms with Gasteiger partial charge in [-0.1, -0.05) is 28.2 Å². The van der Waals surface area contributed by atoms with E-state index >= 15 is 0 Å². The van der Waals surface area contributed by atoms with E-state index in [9.17, 15) is 0 Å². The Morgan fingerprint density at radius 1 is 1.21 bits per heavy atom. The molecule has 2 aromatic heterocycles. The second-order valence-corrected chi connectivity index (χ2v) is 4.19. The Morgan fingerprint density at radius 2 is 1.93 bits per heavy atom. The van der Waals surface area contributed by atoms with Gasteiger partial charge in [-0.05, 0) is 6.07 Å². The number of fused-ring (bicyclic) bond motifs is 1. The SMILES string of the molecule is C.CC(C)(C)c1nccn2nccc12. The van der Waals surface area contributed by atoms with Crippen LogP contribution in [0.5, 0.6) is 0 Å². The van der Waals surface area contributed by atoms with E-state index in [-0.39, 0.29) is 12.8 Å². The van der Waals surface area contributed by atoms with E-state index in [2.05, 4.69) is 30.9 Å². The van der Waals surface area contributed by atoms with Crippen molar-refractivity contribution < 1.29 is 0 Å². The maximum absolute atomic E-state index is 4.39. The van der Waals surface area contributed by atoms with Gasteiger partial charge in [-0.15, -0.1) is 0 Å². The van der Waals surface area contributed by atoms with Crippen molar-refractivity contribution >= 4 is 5.52 Å². The van der Waals surface area contributed by atoms with Crippen LogP contribution in [0.25, 0.3) is 5.52 Å². The van der Waals surface area contributed by atoms with Crippen molar-refractivity contribution in [1.29, 1.82) is 0 Å². The quantitative estimate of drug-likeness (QED) is 0.641. The van der Waals surface area contributed by atoms with Crippen LogP contribution in [0, 0.1) is 0 Å². The van der Waals surface area contributed by atoms with E-state index in [1.165, 1.54) is 0 Å². The van der Waals surface area contributed by atoms with E-state index in [1.54, 1.807) is 12.4 Å². The van der Waals surface area contributed by atoms with Crippen molar-refractivity contribution in [1.82, 2.24) is 14.6 Å². The molecule has 2 heterocycles. The number of rotatable bonds is 0. The fourth-order valence-electron chi connectivity index (χ4n) is 1.44. The second-order valence-electron chi connectivity index (χ2n) is 4.19. The zero-order valence-electron chi connectivity index (χ0n) is 8.15. The van der Waals surface area contributed by atoms with Gasteiger partial charge in [-0.2, -0.15) is 5.10 Å². The predicted molar refractivity (Wildman–Crippen MR) is 58.4 cm³/mol. The third-order valence-corrected chi connectivity index (χ3v) is 2.03. The van der Waals surface area contributed by atoms with Gasteiger partial charge in [0.05, 0.1) is 17.4 Å². The van der Waals surface area contributed by atoms with Crippen molar-refractivity contribution in [3.05, 3.63) is 30.4 Å². The molecular weight excluding hydrogens is 174 g/mol. The molecule has 0 N–H and O–H groups in total. The maximum Gasteiger partial charge on any atom is 0.0882 e. The summed E-state index contributed by atoms with van der Waals surface area (Å²) in [6.07, 6.45) is 5.46. The van der Waals surface area contributed by atoms with Crippen LogP contribution in [0.1, 0.15) is 33.9 Å². The molecule has 0 saturated heterocycles. The standard InChI is InChI=1S/C10H13N3.CH4/c1-10(2,3)9-8-4-5-12-13(8)7-6-11-9;/h4-7H,1-3H3;1H4. The average Bonchev–Trinajstić information content (AvgIpc) is 2.48. The highest BCUT2D eigenvalue weighted by Crippen LogP contribution is 2.23. The fourth-order valence-corrected chi connectivity index (χ4v) is 1.44. The number of nitrogens with zero attached hydrogens (tertiary/aromatic N) is 3. The minimum absolute atomic E-state index is 0. The van der Waals surface area contributed by atoms with Crippen molar-refractivity contribution in [2.24, 2.45) is 0 Å². The van der Waals surface area contributed by atoms with Gasteiger partial charge in [0.1, 0.15) is 0 Å². The van der Waals surface area contributed by atoms with E-state index in [4.69, 9.17) is 0 Å². The summed E-state index contributed by atoms with van der Waals surface area (Å²) in [7, 11) is 0. The molecule has 0 aliphatic rings. The summed E-state index contributed by atoms with van der Waals surface area (Å²) in [5.74, 6) is 0. The summed E-state index contributed by atoms with van der Waals surface area (Å²) in [6, 6.07) is 1.99.